The third-order valence-electron chi connectivity index (χ3n) is 2.71. The van der Waals surface area contributed by atoms with Crippen molar-refractivity contribution in [2.75, 3.05) is 0 Å². The van der Waals surface area contributed by atoms with Crippen molar-refractivity contribution in [3.63, 3.8) is 0 Å². The molecule has 0 aromatic heterocycles. The third kappa shape index (κ3) is 1.99. The number of fused-ring (bicyclic) bond motifs is 1. The summed E-state index contributed by atoms with van der Waals surface area (Å²) in [6, 6.07) is 8.20. The highest BCUT2D eigenvalue weighted by Crippen LogP contribution is 2.26. The lowest BCUT2D eigenvalue weighted by Gasteiger charge is -2.10. The Morgan fingerprint density at radius 2 is 2.00 bits per heavy atom. The van der Waals surface area contributed by atoms with Gasteiger partial charge in [-0.25, -0.2) is 0 Å². The van der Waals surface area contributed by atoms with Crippen molar-refractivity contribution in [1.29, 1.82) is 0 Å². The molecule has 0 spiro atoms. The maximum atomic E-state index is 5.93. The van der Waals surface area contributed by atoms with E-state index in [1.807, 2.05) is 18.2 Å². The maximum absolute atomic E-state index is 5.93. The van der Waals surface area contributed by atoms with Crippen molar-refractivity contribution in [3.05, 3.63) is 41.3 Å². The summed E-state index contributed by atoms with van der Waals surface area (Å²) < 4.78 is 5.93. The number of allylic oxidation sites excluding steroid dienone is 2. The van der Waals surface area contributed by atoms with Crippen LogP contribution in [0.25, 0.3) is 0 Å². The first kappa shape index (κ1) is 10.1. The van der Waals surface area contributed by atoms with E-state index in [4.69, 9.17) is 4.74 Å². The molecule has 0 bridgehead atoms. The quantitative estimate of drug-likeness (QED) is 0.797. The Kier molecular flexibility index (Phi) is 2.95. The maximum Gasteiger partial charge on any atom is 0.132 e. The van der Waals surface area contributed by atoms with Crippen LogP contribution in [0.2, 0.25) is 0 Å². The second kappa shape index (κ2) is 4.39. The Labute approximate surface area is 91.0 Å². The number of nitrogens with one attached hydrogen (secondary N) is 1. The Morgan fingerprint density at radius 3 is 2.73 bits per heavy atom. The molecule has 0 amide bonds. The topological polar surface area (TPSA) is 21.3 Å². The van der Waals surface area contributed by atoms with Crippen LogP contribution in [0.4, 0.5) is 0 Å². The monoisotopic (exact) mass is 203 g/mol. The van der Waals surface area contributed by atoms with Crippen LogP contribution in [0.1, 0.15) is 32.3 Å². The van der Waals surface area contributed by atoms with Crippen LogP contribution in [0.15, 0.2) is 35.7 Å². The molecule has 0 fully saturated rings. The lowest BCUT2D eigenvalue weighted by molar-refractivity contribution is 0.400. The van der Waals surface area contributed by atoms with Crippen molar-refractivity contribution in [2.24, 2.45) is 0 Å². The van der Waals surface area contributed by atoms with E-state index in [1.165, 1.54) is 11.3 Å². The van der Waals surface area contributed by atoms with Crippen LogP contribution in [0.3, 0.4) is 0 Å². The highest BCUT2D eigenvalue weighted by molar-refractivity contribution is 5.36. The molecule has 1 aromatic rings. The summed E-state index contributed by atoms with van der Waals surface area (Å²) in [4.78, 5) is 0. The number of benzene rings is 1. The van der Waals surface area contributed by atoms with E-state index >= 15 is 0 Å². The highest BCUT2D eigenvalue weighted by Gasteiger charge is 2.13. The summed E-state index contributed by atoms with van der Waals surface area (Å²) in [5.41, 5.74) is 2.46. The van der Waals surface area contributed by atoms with Gasteiger partial charge in [-0.2, -0.15) is 0 Å². The predicted molar refractivity (Wildman–Crippen MR) is 61.5 cm³/mol. The fourth-order valence-corrected chi connectivity index (χ4v) is 1.85. The predicted octanol–water partition coefficient (Wildman–Crippen LogP) is 3.20. The molecule has 1 aromatic carbocycles. The number of hydrogen-bond donors (Lipinski definition) is 1. The smallest absolute Gasteiger partial charge is 0.132 e. The number of rotatable bonds is 2. The van der Waals surface area contributed by atoms with E-state index in [2.05, 4.69) is 25.2 Å². The number of hydrogen-bond acceptors (Lipinski definition) is 2. The normalized spacial score (nSPS) is 15.1. The van der Waals surface area contributed by atoms with Gasteiger partial charge in [0.25, 0.3) is 0 Å². The molecule has 2 heteroatoms. The number of ether oxygens (including phenoxy) is 1. The number of para-hydroxylation sites is 1. The summed E-state index contributed by atoms with van der Waals surface area (Å²) in [6.07, 6.45) is 1.93. The molecule has 0 aliphatic carbocycles. The lowest BCUT2D eigenvalue weighted by Crippen LogP contribution is -2.12. The molecule has 0 saturated heterocycles. The van der Waals surface area contributed by atoms with Crippen molar-refractivity contribution in [1.82, 2.24) is 5.32 Å². The Bertz CT molecular complexity index is 382. The fraction of sp³-hybridized carbons (Fsp3) is 0.385. The average molecular weight is 203 g/mol. The Morgan fingerprint density at radius 1 is 1.20 bits per heavy atom. The molecule has 0 saturated carbocycles. The zero-order valence-corrected chi connectivity index (χ0v) is 9.34. The van der Waals surface area contributed by atoms with E-state index in [0.29, 0.717) is 0 Å². The molecule has 1 heterocycles. The summed E-state index contributed by atoms with van der Waals surface area (Å²) >= 11 is 0. The molecule has 0 atom stereocenters. The molecule has 2 nitrogen and oxygen atoms in total. The molecule has 0 radical (unpaired) electrons. The molecule has 0 unspecified atom stereocenters. The van der Waals surface area contributed by atoms with Crippen LogP contribution >= 0.6 is 0 Å². The summed E-state index contributed by atoms with van der Waals surface area (Å²) in [5, 5.41) is 3.44. The van der Waals surface area contributed by atoms with Gasteiger partial charge in [0.2, 0.25) is 0 Å². The zero-order chi connectivity index (χ0) is 10.7. The molecule has 80 valence electrons. The van der Waals surface area contributed by atoms with Crippen LogP contribution in [-0.2, 0) is 6.54 Å². The van der Waals surface area contributed by atoms with Gasteiger partial charge in [0.05, 0.1) is 0 Å². The van der Waals surface area contributed by atoms with Gasteiger partial charge >= 0.3 is 0 Å². The van der Waals surface area contributed by atoms with Gasteiger partial charge in [-0.05, 0) is 12.5 Å². The van der Waals surface area contributed by atoms with Crippen LogP contribution in [0.5, 0.6) is 5.75 Å². The van der Waals surface area contributed by atoms with Crippen LogP contribution < -0.4 is 10.1 Å². The van der Waals surface area contributed by atoms with Crippen molar-refractivity contribution in [2.45, 2.75) is 33.2 Å². The lowest BCUT2D eigenvalue weighted by atomic mass is 10.2. The van der Waals surface area contributed by atoms with Crippen molar-refractivity contribution < 1.29 is 4.74 Å². The minimum Gasteiger partial charge on any atom is -0.460 e. The van der Waals surface area contributed by atoms with Gasteiger partial charge in [-0.15, -0.1) is 0 Å². The SMILES string of the molecule is CCC1=C(CC)Oc2ccccc2CN1. The van der Waals surface area contributed by atoms with E-state index in [0.717, 1.165) is 30.9 Å². The summed E-state index contributed by atoms with van der Waals surface area (Å²) in [6.45, 7) is 5.14. The van der Waals surface area contributed by atoms with Gasteiger partial charge in [0, 0.05) is 24.2 Å². The largest absolute Gasteiger partial charge is 0.460 e. The molecule has 15 heavy (non-hydrogen) atoms. The molecule has 2 rings (SSSR count). The van der Waals surface area contributed by atoms with E-state index in [1.54, 1.807) is 0 Å². The highest BCUT2D eigenvalue weighted by atomic mass is 16.5. The van der Waals surface area contributed by atoms with Crippen molar-refractivity contribution in [3.8, 4) is 5.75 Å². The summed E-state index contributed by atoms with van der Waals surface area (Å²) in [7, 11) is 0. The minimum absolute atomic E-state index is 0.864. The van der Waals surface area contributed by atoms with Gasteiger partial charge in [0.15, 0.2) is 0 Å². The van der Waals surface area contributed by atoms with Gasteiger partial charge in [-0.1, -0.05) is 32.0 Å². The molecular formula is C13H17NO. The second-order valence-corrected chi connectivity index (χ2v) is 3.67. The fourth-order valence-electron chi connectivity index (χ4n) is 1.85. The van der Waals surface area contributed by atoms with Gasteiger partial charge in [0.1, 0.15) is 11.5 Å². The van der Waals surface area contributed by atoms with E-state index in [9.17, 15) is 0 Å². The first-order valence-electron chi connectivity index (χ1n) is 5.56. The van der Waals surface area contributed by atoms with E-state index in [-0.39, 0.29) is 0 Å². The first-order valence-corrected chi connectivity index (χ1v) is 5.56. The standard InChI is InChI=1S/C13H17NO/c1-3-11-12(4-2)15-13-8-6-5-7-10(13)9-14-11/h5-8,14H,3-4,9H2,1-2H3. The van der Waals surface area contributed by atoms with Crippen LogP contribution in [0, 0.1) is 0 Å². The third-order valence-corrected chi connectivity index (χ3v) is 2.71. The minimum atomic E-state index is 0.864. The Hall–Kier alpha value is -1.44. The zero-order valence-electron chi connectivity index (χ0n) is 9.34. The van der Waals surface area contributed by atoms with Crippen LogP contribution in [-0.4, -0.2) is 0 Å². The second-order valence-electron chi connectivity index (χ2n) is 3.67. The molecular weight excluding hydrogens is 186 g/mol. The Balaban J connectivity index is 2.34. The first-order chi connectivity index (χ1) is 7.35. The molecule has 1 N–H and O–H groups in total. The van der Waals surface area contributed by atoms with Gasteiger partial charge in [-0.3, -0.25) is 0 Å². The van der Waals surface area contributed by atoms with E-state index < -0.39 is 0 Å². The van der Waals surface area contributed by atoms with Crippen molar-refractivity contribution >= 4 is 0 Å². The van der Waals surface area contributed by atoms with Gasteiger partial charge < -0.3 is 10.1 Å². The molecule has 1 aliphatic rings. The average Bonchev–Trinajstić information content (AvgIpc) is 2.47. The summed E-state index contributed by atoms with van der Waals surface area (Å²) in [5.74, 6) is 2.06. The molecule has 1 aliphatic heterocycles.